The Balaban J connectivity index is 1.64. The first kappa shape index (κ1) is 20.3. The molecule has 5 nitrogen and oxygen atoms in total. The molecule has 30 heavy (non-hydrogen) atoms. The first-order valence-corrected chi connectivity index (χ1v) is 10.5. The fraction of sp³-hybridized carbons (Fsp3) is 0.130. The highest BCUT2D eigenvalue weighted by Crippen LogP contribution is 2.41. The molecular formula is C23H19ClN2O3S. The molecule has 1 aromatic heterocycles. The molecule has 0 aliphatic rings. The van der Waals surface area contributed by atoms with Gasteiger partial charge in [-0.3, -0.25) is 0 Å². The minimum atomic E-state index is -0.0119. The Bertz CT molecular complexity index is 1120. The predicted octanol–water partition coefficient (Wildman–Crippen LogP) is 6.29. The maximum atomic E-state index is 6.07. The van der Waals surface area contributed by atoms with E-state index in [0.717, 1.165) is 16.7 Å². The van der Waals surface area contributed by atoms with Crippen molar-refractivity contribution in [3.05, 3.63) is 88.9 Å². The van der Waals surface area contributed by atoms with Crippen LogP contribution in [-0.4, -0.2) is 24.4 Å². The molecule has 0 N–H and O–H groups in total. The fourth-order valence-corrected chi connectivity index (χ4v) is 4.17. The second-order valence-electron chi connectivity index (χ2n) is 6.40. The van der Waals surface area contributed by atoms with E-state index in [4.69, 9.17) is 25.5 Å². The van der Waals surface area contributed by atoms with Gasteiger partial charge in [0.15, 0.2) is 11.5 Å². The van der Waals surface area contributed by atoms with E-state index >= 15 is 0 Å². The van der Waals surface area contributed by atoms with Gasteiger partial charge in [-0.2, -0.15) is 0 Å². The van der Waals surface area contributed by atoms with Crippen LogP contribution in [0.15, 0.2) is 82.4 Å². The molecule has 0 fully saturated rings. The molecule has 3 aromatic carbocycles. The summed E-state index contributed by atoms with van der Waals surface area (Å²) in [5.41, 5.74) is 2.99. The number of hydrogen-bond donors (Lipinski definition) is 0. The normalized spacial score (nSPS) is 11.8. The largest absolute Gasteiger partial charge is 0.493 e. The number of thioether (sulfide) groups is 1. The summed E-state index contributed by atoms with van der Waals surface area (Å²) in [7, 11) is 3.19. The molecule has 1 heterocycles. The van der Waals surface area contributed by atoms with E-state index in [1.54, 1.807) is 14.2 Å². The van der Waals surface area contributed by atoms with E-state index in [-0.39, 0.29) is 5.25 Å². The number of aromatic nitrogens is 2. The zero-order chi connectivity index (χ0) is 20.9. The molecule has 0 radical (unpaired) electrons. The number of nitrogens with zero attached hydrogens (tertiary/aromatic N) is 2. The van der Waals surface area contributed by atoms with Crippen LogP contribution in [0.1, 0.15) is 16.4 Å². The van der Waals surface area contributed by atoms with Crippen LogP contribution in [0.2, 0.25) is 5.02 Å². The lowest BCUT2D eigenvalue weighted by atomic mass is 10.0. The third-order valence-electron chi connectivity index (χ3n) is 4.53. The van der Waals surface area contributed by atoms with Gasteiger partial charge < -0.3 is 13.9 Å². The standard InChI is InChI=1S/C23H19ClN2O3S/c1-27-19-13-10-17(14-20(19)28-2)22-25-26-23(29-22)30-21(15-6-4-3-5-7-15)16-8-11-18(24)12-9-16/h3-14,21H,1-2H3. The van der Waals surface area contributed by atoms with Gasteiger partial charge in [0.05, 0.1) is 19.5 Å². The van der Waals surface area contributed by atoms with E-state index in [2.05, 4.69) is 22.3 Å². The Hall–Kier alpha value is -2.96. The summed E-state index contributed by atoms with van der Waals surface area (Å²) >= 11 is 7.57. The van der Waals surface area contributed by atoms with Crippen molar-refractivity contribution in [3.8, 4) is 23.0 Å². The van der Waals surface area contributed by atoms with Gasteiger partial charge in [0.2, 0.25) is 5.89 Å². The minimum absolute atomic E-state index is 0.0119. The molecule has 0 amide bonds. The lowest BCUT2D eigenvalue weighted by molar-refractivity contribution is 0.355. The molecule has 0 saturated carbocycles. The van der Waals surface area contributed by atoms with E-state index in [1.807, 2.05) is 60.7 Å². The molecule has 4 rings (SSSR count). The van der Waals surface area contributed by atoms with Crippen LogP contribution in [0.3, 0.4) is 0 Å². The smallest absolute Gasteiger partial charge is 0.277 e. The Morgan fingerprint density at radius 2 is 1.53 bits per heavy atom. The van der Waals surface area contributed by atoms with Crippen LogP contribution >= 0.6 is 23.4 Å². The third kappa shape index (κ3) is 4.45. The second-order valence-corrected chi connectivity index (χ2v) is 7.90. The van der Waals surface area contributed by atoms with E-state index in [9.17, 15) is 0 Å². The summed E-state index contributed by atoms with van der Waals surface area (Å²) in [5, 5.41) is 9.63. The van der Waals surface area contributed by atoms with Crippen molar-refractivity contribution in [1.29, 1.82) is 0 Å². The molecule has 1 atom stereocenters. The zero-order valence-electron chi connectivity index (χ0n) is 16.4. The summed E-state index contributed by atoms with van der Waals surface area (Å²) in [4.78, 5) is 0. The maximum absolute atomic E-state index is 6.07. The van der Waals surface area contributed by atoms with Gasteiger partial charge in [0.1, 0.15) is 0 Å². The Morgan fingerprint density at radius 1 is 0.833 bits per heavy atom. The lowest BCUT2D eigenvalue weighted by Crippen LogP contribution is -1.96. The average molecular weight is 439 g/mol. The van der Waals surface area contributed by atoms with E-state index < -0.39 is 0 Å². The van der Waals surface area contributed by atoms with Crippen LogP contribution in [0.4, 0.5) is 0 Å². The molecule has 1 unspecified atom stereocenters. The van der Waals surface area contributed by atoms with Crippen molar-refractivity contribution in [2.45, 2.75) is 10.5 Å². The zero-order valence-corrected chi connectivity index (χ0v) is 18.0. The summed E-state index contributed by atoms with van der Waals surface area (Å²) in [6.07, 6.45) is 0. The van der Waals surface area contributed by atoms with Crippen molar-refractivity contribution in [1.82, 2.24) is 10.2 Å². The number of methoxy groups -OCH3 is 2. The summed E-state index contributed by atoms with van der Waals surface area (Å²) < 4.78 is 16.6. The topological polar surface area (TPSA) is 57.4 Å². The highest BCUT2D eigenvalue weighted by atomic mass is 35.5. The number of benzene rings is 3. The number of rotatable bonds is 7. The van der Waals surface area contributed by atoms with Crippen molar-refractivity contribution in [2.24, 2.45) is 0 Å². The Morgan fingerprint density at radius 3 is 2.23 bits per heavy atom. The third-order valence-corrected chi connectivity index (χ3v) is 5.93. The summed E-state index contributed by atoms with van der Waals surface area (Å²) in [6, 6.07) is 23.5. The van der Waals surface area contributed by atoms with Gasteiger partial charge in [0.25, 0.3) is 5.22 Å². The molecule has 0 aliphatic carbocycles. The highest BCUT2D eigenvalue weighted by molar-refractivity contribution is 7.99. The number of hydrogen-bond acceptors (Lipinski definition) is 6. The van der Waals surface area contributed by atoms with Crippen LogP contribution in [0.5, 0.6) is 11.5 Å². The van der Waals surface area contributed by atoms with Crippen LogP contribution < -0.4 is 9.47 Å². The molecule has 152 valence electrons. The first-order chi connectivity index (χ1) is 14.7. The van der Waals surface area contributed by atoms with Gasteiger partial charge in [0, 0.05) is 10.6 Å². The van der Waals surface area contributed by atoms with Gasteiger partial charge in [-0.05, 0) is 41.5 Å². The summed E-state index contributed by atoms with van der Waals surface area (Å²) in [5.74, 6) is 1.66. The van der Waals surface area contributed by atoms with Gasteiger partial charge in [-0.15, -0.1) is 10.2 Å². The van der Waals surface area contributed by atoms with Crippen molar-refractivity contribution in [2.75, 3.05) is 14.2 Å². The van der Waals surface area contributed by atoms with Crippen molar-refractivity contribution in [3.63, 3.8) is 0 Å². The molecule has 0 aliphatic heterocycles. The van der Waals surface area contributed by atoms with Gasteiger partial charge in [-0.1, -0.05) is 65.8 Å². The quantitative estimate of drug-likeness (QED) is 0.316. The monoisotopic (exact) mass is 438 g/mol. The van der Waals surface area contributed by atoms with Crippen LogP contribution in [0.25, 0.3) is 11.5 Å². The molecule has 7 heteroatoms. The Kier molecular flexibility index (Phi) is 6.26. The number of ether oxygens (including phenoxy) is 2. The van der Waals surface area contributed by atoms with E-state index in [0.29, 0.717) is 27.6 Å². The summed E-state index contributed by atoms with van der Waals surface area (Å²) in [6.45, 7) is 0. The highest BCUT2D eigenvalue weighted by Gasteiger charge is 2.20. The van der Waals surface area contributed by atoms with Crippen LogP contribution in [-0.2, 0) is 0 Å². The molecular weight excluding hydrogens is 420 g/mol. The lowest BCUT2D eigenvalue weighted by Gasteiger charge is -2.15. The fourth-order valence-electron chi connectivity index (χ4n) is 3.04. The molecule has 0 bridgehead atoms. The molecule has 0 spiro atoms. The van der Waals surface area contributed by atoms with E-state index in [1.165, 1.54) is 11.8 Å². The SMILES string of the molecule is COc1ccc(-c2nnc(SC(c3ccccc3)c3ccc(Cl)cc3)o2)cc1OC. The van der Waals surface area contributed by atoms with Crippen LogP contribution in [0, 0.1) is 0 Å². The molecule has 0 saturated heterocycles. The van der Waals surface area contributed by atoms with Crippen molar-refractivity contribution < 1.29 is 13.9 Å². The predicted molar refractivity (Wildman–Crippen MR) is 118 cm³/mol. The molecule has 4 aromatic rings. The van der Waals surface area contributed by atoms with Crippen molar-refractivity contribution >= 4 is 23.4 Å². The average Bonchev–Trinajstić information content (AvgIpc) is 3.27. The van der Waals surface area contributed by atoms with Gasteiger partial charge in [-0.25, -0.2) is 0 Å². The van der Waals surface area contributed by atoms with Gasteiger partial charge >= 0.3 is 0 Å². The maximum Gasteiger partial charge on any atom is 0.277 e. The first-order valence-electron chi connectivity index (χ1n) is 9.21. The Labute approximate surface area is 184 Å². The minimum Gasteiger partial charge on any atom is -0.493 e. The number of halogens is 1. The second kappa shape index (κ2) is 9.24.